The van der Waals surface area contributed by atoms with Crippen LogP contribution in [0, 0.1) is 5.82 Å². The summed E-state index contributed by atoms with van der Waals surface area (Å²) in [5, 5.41) is 10.9. The summed E-state index contributed by atoms with van der Waals surface area (Å²) in [4.78, 5) is 12.2. The van der Waals surface area contributed by atoms with Crippen LogP contribution in [-0.4, -0.2) is 29.3 Å². The standard InChI is InChI=1S/C20H19FN4O2/c1-27-16-8-2-13(3-9-16)11-22-19-12-23-20(26)18-10-17(24-25(18)19)14-4-6-15(21)7-5-14/h2-10,19,22H,11-12H2,1H3,(H,23,26)/t19-/m0/s1. The zero-order chi connectivity index (χ0) is 18.8. The van der Waals surface area contributed by atoms with Gasteiger partial charge in [-0.1, -0.05) is 12.1 Å². The van der Waals surface area contributed by atoms with Gasteiger partial charge in [-0.25, -0.2) is 9.07 Å². The summed E-state index contributed by atoms with van der Waals surface area (Å²) in [5.74, 6) is 0.333. The maximum Gasteiger partial charge on any atom is 0.269 e. The van der Waals surface area contributed by atoms with Gasteiger partial charge in [0.15, 0.2) is 0 Å². The van der Waals surface area contributed by atoms with Crippen molar-refractivity contribution < 1.29 is 13.9 Å². The Hall–Kier alpha value is -3.19. The van der Waals surface area contributed by atoms with E-state index in [0.717, 1.165) is 16.9 Å². The lowest BCUT2D eigenvalue weighted by Crippen LogP contribution is -2.45. The molecular weight excluding hydrogens is 347 g/mol. The molecule has 0 bridgehead atoms. The Morgan fingerprint density at radius 3 is 2.67 bits per heavy atom. The fourth-order valence-corrected chi connectivity index (χ4v) is 3.07. The number of hydrogen-bond donors (Lipinski definition) is 2. The summed E-state index contributed by atoms with van der Waals surface area (Å²) < 4.78 is 20.0. The first-order valence-electron chi connectivity index (χ1n) is 8.64. The summed E-state index contributed by atoms with van der Waals surface area (Å²) in [6.45, 7) is 1.06. The van der Waals surface area contributed by atoms with Crippen LogP contribution in [0.2, 0.25) is 0 Å². The molecule has 6 nitrogen and oxygen atoms in total. The SMILES string of the molecule is COc1ccc(CN[C@@H]2CNC(=O)c3cc(-c4ccc(F)cc4)nn32)cc1. The van der Waals surface area contributed by atoms with Crippen LogP contribution in [0.5, 0.6) is 5.75 Å². The molecule has 1 aliphatic heterocycles. The van der Waals surface area contributed by atoms with Crippen molar-refractivity contribution in [3.63, 3.8) is 0 Å². The zero-order valence-corrected chi connectivity index (χ0v) is 14.8. The number of carbonyl (C=O) groups is 1. The molecule has 0 spiro atoms. The van der Waals surface area contributed by atoms with Crippen molar-refractivity contribution in [3.05, 3.63) is 71.7 Å². The van der Waals surface area contributed by atoms with Gasteiger partial charge >= 0.3 is 0 Å². The van der Waals surface area contributed by atoms with Gasteiger partial charge in [0, 0.05) is 12.1 Å². The predicted octanol–water partition coefficient (Wildman–Crippen LogP) is 2.73. The molecule has 3 aromatic rings. The van der Waals surface area contributed by atoms with Crippen LogP contribution in [0.25, 0.3) is 11.3 Å². The Balaban J connectivity index is 1.55. The number of ether oxygens (including phenoxy) is 1. The van der Waals surface area contributed by atoms with E-state index in [0.29, 0.717) is 24.5 Å². The molecule has 4 rings (SSSR count). The molecular formula is C20H19FN4O2. The number of nitrogens with zero attached hydrogens (tertiary/aromatic N) is 2. The predicted molar refractivity (Wildman–Crippen MR) is 98.8 cm³/mol. The largest absolute Gasteiger partial charge is 0.497 e. The lowest BCUT2D eigenvalue weighted by molar-refractivity contribution is 0.0900. The molecule has 0 saturated heterocycles. The highest BCUT2D eigenvalue weighted by Crippen LogP contribution is 2.23. The van der Waals surface area contributed by atoms with Gasteiger partial charge in [0.05, 0.1) is 19.3 Å². The first-order chi connectivity index (χ1) is 13.1. The number of carbonyl (C=O) groups excluding carboxylic acids is 1. The van der Waals surface area contributed by atoms with Crippen LogP contribution in [0.1, 0.15) is 22.2 Å². The molecule has 0 aliphatic carbocycles. The van der Waals surface area contributed by atoms with Crippen molar-refractivity contribution in [2.75, 3.05) is 13.7 Å². The Morgan fingerprint density at radius 1 is 1.22 bits per heavy atom. The van der Waals surface area contributed by atoms with Crippen molar-refractivity contribution >= 4 is 5.91 Å². The topological polar surface area (TPSA) is 68.2 Å². The highest BCUT2D eigenvalue weighted by molar-refractivity contribution is 5.94. The van der Waals surface area contributed by atoms with Crippen molar-refractivity contribution in [3.8, 4) is 17.0 Å². The molecule has 2 heterocycles. The lowest BCUT2D eigenvalue weighted by Gasteiger charge is -2.25. The average molecular weight is 366 g/mol. The number of rotatable bonds is 5. The Kier molecular flexibility index (Phi) is 4.60. The quantitative estimate of drug-likeness (QED) is 0.729. The van der Waals surface area contributed by atoms with E-state index in [1.807, 2.05) is 24.3 Å². The van der Waals surface area contributed by atoms with Crippen LogP contribution in [0.3, 0.4) is 0 Å². The van der Waals surface area contributed by atoms with Crippen molar-refractivity contribution in [1.82, 2.24) is 20.4 Å². The van der Waals surface area contributed by atoms with Crippen LogP contribution >= 0.6 is 0 Å². The smallest absolute Gasteiger partial charge is 0.269 e. The third-order valence-electron chi connectivity index (χ3n) is 4.56. The summed E-state index contributed by atoms with van der Waals surface area (Å²) in [6.07, 6.45) is -0.172. The van der Waals surface area contributed by atoms with Gasteiger partial charge in [-0.3, -0.25) is 10.1 Å². The minimum Gasteiger partial charge on any atom is -0.497 e. The number of halogens is 1. The highest BCUT2D eigenvalue weighted by Gasteiger charge is 2.27. The number of benzene rings is 2. The second kappa shape index (κ2) is 7.20. The minimum atomic E-state index is -0.306. The monoisotopic (exact) mass is 366 g/mol. The van der Waals surface area contributed by atoms with Gasteiger partial charge in [0.1, 0.15) is 23.4 Å². The van der Waals surface area contributed by atoms with Gasteiger partial charge in [-0.15, -0.1) is 0 Å². The number of nitrogens with one attached hydrogen (secondary N) is 2. The number of aromatic nitrogens is 2. The third-order valence-corrected chi connectivity index (χ3v) is 4.56. The molecule has 0 saturated carbocycles. The molecule has 7 heteroatoms. The normalized spacial score (nSPS) is 15.9. The number of amides is 1. The van der Waals surface area contributed by atoms with E-state index in [9.17, 15) is 9.18 Å². The molecule has 0 unspecified atom stereocenters. The third kappa shape index (κ3) is 3.54. The maximum atomic E-state index is 13.2. The molecule has 1 atom stereocenters. The first-order valence-corrected chi connectivity index (χ1v) is 8.64. The van der Waals surface area contributed by atoms with Crippen molar-refractivity contribution in [1.29, 1.82) is 0 Å². The van der Waals surface area contributed by atoms with E-state index in [1.54, 1.807) is 30.0 Å². The fraction of sp³-hybridized carbons (Fsp3) is 0.200. The van der Waals surface area contributed by atoms with Gasteiger partial charge in [-0.2, -0.15) is 5.10 Å². The lowest BCUT2D eigenvalue weighted by atomic mass is 10.1. The molecule has 0 fully saturated rings. The van der Waals surface area contributed by atoms with Gasteiger partial charge in [-0.05, 0) is 48.0 Å². The van der Waals surface area contributed by atoms with E-state index < -0.39 is 0 Å². The molecule has 1 aromatic heterocycles. The molecule has 1 amide bonds. The van der Waals surface area contributed by atoms with Gasteiger partial charge in [0.2, 0.25) is 0 Å². The van der Waals surface area contributed by atoms with Crippen molar-refractivity contribution in [2.45, 2.75) is 12.7 Å². The first kappa shape index (κ1) is 17.2. The Morgan fingerprint density at radius 2 is 1.96 bits per heavy atom. The highest BCUT2D eigenvalue weighted by atomic mass is 19.1. The summed E-state index contributed by atoms with van der Waals surface area (Å²) in [6, 6.07) is 15.6. The Labute approximate surface area is 156 Å². The molecule has 2 aromatic carbocycles. The van der Waals surface area contributed by atoms with Gasteiger partial charge < -0.3 is 10.1 Å². The number of methoxy groups -OCH3 is 1. The average Bonchev–Trinajstić information content (AvgIpc) is 3.15. The fourth-order valence-electron chi connectivity index (χ4n) is 3.07. The summed E-state index contributed by atoms with van der Waals surface area (Å²) in [7, 11) is 1.63. The second-order valence-electron chi connectivity index (χ2n) is 6.32. The summed E-state index contributed by atoms with van der Waals surface area (Å²) >= 11 is 0. The van der Waals surface area contributed by atoms with Crippen LogP contribution in [0.4, 0.5) is 4.39 Å². The molecule has 2 N–H and O–H groups in total. The molecule has 0 radical (unpaired) electrons. The molecule has 138 valence electrons. The number of hydrogen-bond acceptors (Lipinski definition) is 4. The maximum absolute atomic E-state index is 13.2. The minimum absolute atomic E-state index is 0.168. The van der Waals surface area contributed by atoms with Crippen LogP contribution in [0.15, 0.2) is 54.6 Å². The van der Waals surface area contributed by atoms with E-state index >= 15 is 0 Å². The second-order valence-corrected chi connectivity index (χ2v) is 6.32. The van der Waals surface area contributed by atoms with Crippen LogP contribution in [-0.2, 0) is 6.54 Å². The summed E-state index contributed by atoms with van der Waals surface area (Å²) in [5.41, 5.74) is 2.98. The Bertz CT molecular complexity index is 951. The zero-order valence-electron chi connectivity index (χ0n) is 14.8. The van der Waals surface area contributed by atoms with E-state index in [1.165, 1.54) is 12.1 Å². The van der Waals surface area contributed by atoms with E-state index in [2.05, 4.69) is 15.7 Å². The van der Waals surface area contributed by atoms with E-state index in [4.69, 9.17) is 4.74 Å². The molecule has 27 heavy (non-hydrogen) atoms. The van der Waals surface area contributed by atoms with E-state index in [-0.39, 0.29) is 17.9 Å². The molecule has 1 aliphatic rings. The van der Waals surface area contributed by atoms with Crippen LogP contribution < -0.4 is 15.4 Å². The van der Waals surface area contributed by atoms with Crippen molar-refractivity contribution in [2.24, 2.45) is 0 Å². The van der Waals surface area contributed by atoms with Gasteiger partial charge in [0.25, 0.3) is 5.91 Å². The number of fused-ring (bicyclic) bond motifs is 1.